The second-order valence-corrected chi connectivity index (χ2v) is 3.34. The number of furan rings is 1. The number of aliphatic imine (C=N–C) groups is 1. The summed E-state index contributed by atoms with van der Waals surface area (Å²) in [6, 6.07) is 10.9. The fourth-order valence-electron chi connectivity index (χ4n) is 1.32. The summed E-state index contributed by atoms with van der Waals surface area (Å²) in [6.45, 7) is 0. The minimum absolute atomic E-state index is 0.515. The van der Waals surface area contributed by atoms with Gasteiger partial charge in [0, 0.05) is 0 Å². The molecule has 1 N–H and O–H groups in total. The van der Waals surface area contributed by atoms with Crippen molar-refractivity contribution >= 4 is 18.1 Å². The molecular formula is C13H12N2O2. The van der Waals surface area contributed by atoms with Gasteiger partial charge in [0.1, 0.15) is 17.3 Å². The highest BCUT2D eigenvalue weighted by atomic mass is 16.5. The summed E-state index contributed by atoms with van der Waals surface area (Å²) in [4.78, 5) is 4.25. The number of hydrogen-bond donors (Lipinski definition) is 1. The predicted molar refractivity (Wildman–Crippen MR) is 66.8 cm³/mol. The monoisotopic (exact) mass is 228 g/mol. The van der Waals surface area contributed by atoms with Crippen LogP contribution in [0.15, 0.2) is 45.8 Å². The van der Waals surface area contributed by atoms with Crippen LogP contribution in [-0.4, -0.2) is 19.5 Å². The van der Waals surface area contributed by atoms with Crippen LogP contribution in [0.3, 0.4) is 0 Å². The second kappa shape index (κ2) is 5.12. The van der Waals surface area contributed by atoms with Crippen LogP contribution < -0.4 is 4.74 Å². The van der Waals surface area contributed by atoms with Crippen molar-refractivity contribution in [2.45, 2.75) is 0 Å². The van der Waals surface area contributed by atoms with Gasteiger partial charge in [-0.05, 0) is 36.4 Å². The number of nitrogens with zero attached hydrogens (tertiary/aromatic N) is 1. The van der Waals surface area contributed by atoms with Gasteiger partial charge >= 0.3 is 0 Å². The van der Waals surface area contributed by atoms with Gasteiger partial charge < -0.3 is 14.6 Å². The van der Waals surface area contributed by atoms with E-state index in [2.05, 4.69) is 4.99 Å². The lowest BCUT2D eigenvalue weighted by Crippen LogP contribution is -1.80. The summed E-state index contributed by atoms with van der Waals surface area (Å²) >= 11 is 0. The number of benzene rings is 1. The van der Waals surface area contributed by atoms with Crippen molar-refractivity contribution in [3.63, 3.8) is 0 Å². The minimum atomic E-state index is 0.515. The van der Waals surface area contributed by atoms with Gasteiger partial charge in [-0.1, -0.05) is 0 Å². The van der Waals surface area contributed by atoms with Crippen molar-refractivity contribution in [1.82, 2.24) is 0 Å². The lowest BCUT2D eigenvalue weighted by atomic mass is 10.3. The first-order valence-corrected chi connectivity index (χ1v) is 5.10. The molecule has 1 aromatic heterocycles. The van der Waals surface area contributed by atoms with Gasteiger partial charge in [-0.3, -0.25) is 4.99 Å². The van der Waals surface area contributed by atoms with E-state index in [1.165, 1.54) is 0 Å². The molecule has 0 unspecified atom stereocenters. The molecule has 0 bridgehead atoms. The number of hydrogen-bond acceptors (Lipinski definition) is 4. The fourth-order valence-corrected chi connectivity index (χ4v) is 1.32. The Morgan fingerprint density at radius 2 is 1.82 bits per heavy atom. The topological polar surface area (TPSA) is 58.6 Å². The van der Waals surface area contributed by atoms with Gasteiger partial charge in [-0.15, -0.1) is 0 Å². The normalized spacial score (nSPS) is 10.6. The Morgan fingerprint density at radius 3 is 2.41 bits per heavy atom. The summed E-state index contributed by atoms with van der Waals surface area (Å²) in [5.41, 5.74) is 0.818. The molecule has 0 aliphatic heterocycles. The maximum atomic E-state index is 7.02. The molecule has 2 aromatic rings. The molecule has 0 spiro atoms. The number of methoxy groups -OCH3 is 1. The first-order valence-electron chi connectivity index (χ1n) is 5.10. The lowest BCUT2D eigenvalue weighted by molar-refractivity contribution is 0.415. The Hall–Kier alpha value is -2.36. The van der Waals surface area contributed by atoms with Crippen LogP contribution in [-0.2, 0) is 0 Å². The number of rotatable bonds is 4. The molecule has 0 fully saturated rings. The van der Waals surface area contributed by atoms with Crippen LogP contribution in [0.4, 0.5) is 5.69 Å². The Kier molecular flexibility index (Phi) is 3.35. The molecule has 0 amide bonds. The van der Waals surface area contributed by atoms with Gasteiger partial charge in [0.15, 0.2) is 0 Å². The van der Waals surface area contributed by atoms with E-state index in [1.54, 1.807) is 25.5 Å². The van der Waals surface area contributed by atoms with Crippen molar-refractivity contribution in [1.29, 1.82) is 5.41 Å². The zero-order valence-corrected chi connectivity index (χ0v) is 9.38. The number of nitrogens with one attached hydrogen (secondary N) is 1. The average molecular weight is 228 g/mol. The van der Waals surface area contributed by atoms with Gasteiger partial charge in [0.05, 0.1) is 25.2 Å². The van der Waals surface area contributed by atoms with E-state index < -0.39 is 0 Å². The third-order valence-corrected chi connectivity index (χ3v) is 2.20. The largest absolute Gasteiger partial charge is 0.497 e. The Balaban J connectivity index is 2.11. The predicted octanol–water partition coefficient (Wildman–Crippen LogP) is 3.04. The van der Waals surface area contributed by atoms with Gasteiger partial charge in [0.2, 0.25) is 0 Å². The van der Waals surface area contributed by atoms with Crippen molar-refractivity contribution in [2.24, 2.45) is 4.99 Å². The highest BCUT2D eigenvalue weighted by Gasteiger charge is 1.96. The smallest absolute Gasteiger partial charge is 0.145 e. The van der Waals surface area contributed by atoms with Crippen LogP contribution in [0, 0.1) is 5.41 Å². The van der Waals surface area contributed by atoms with Gasteiger partial charge in [-0.2, -0.15) is 0 Å². The molecule has 4 heteroatoms. The third kappa shape index (κ3) is 2.81. The van der Waals surface area contributed by atoms with Crippen molar-refractivity contribution in [2.75, 3.05) is 7.11 Å². The molecule has 2 rings (SSSR count). The molecule has 4 nitrogen and oxygen atoms in total. The van der Waals surface area contributed by atoms with Crippen molar-refractivity contribution < 1.29 is 9.15 Å². The zero-order valence-electron chi connectivity index (χ0n) is 9.38. The summed E-state index contributed by atoms with van der Waals surface area (Å²) < 4.78 is 10.3. The average Bonchev–Trinajstić information content (AvgIpc) is 2.85. The molecule has 0 saturated carbocycles. The molecule has 1 heterocycles. The zero-order chi connectivity index (χ0) is 12.1. The van der Waals surface area contributed by atoms with Crippen molar-refractivity contribution in [3.8, 4) is 5.75 Å². The SMILES string of the molecule is COc1ccc(N=Cc2ccc(C=N)o2)cc1. The summed E-state index contributed by atoms with van der Waals surface area (Å²) in [5, 5.41) is 7.02. The van der Waals surface area contributed by atoms with Crippen LogP contribution in [0.1, 0.15) is 11.5 Å². The molecule has 17 heavy (non-hydrogen) atoms. The van der Waals surface area contributed by atoms with Gasteiger partial charge in [0.25, 0.3) is 0 Å². The summed E-state index contributed by atoms with van der Waals surface area (Å²) in [6.07, 6.45) is 2.78. The highest BCUT2D eigenvalue weighted by molar-refractivity contribution is 5.81. The molecule has 0 atom stereocenters. The molecular weight excluding hydrogens is 216 g/mol. The Labute approximate surface area is 99.1 Å². The van der Waals surface area contributed by atoms with E-state index >= 15 is 0 Å². The maximum Gasteiger partial charge on any atom is 0.145 e. The summed E-state index contributed by atoms with van der Waals surface area (Å²) in [7, 11) is 1.63. The third-order valence-electron chi connectivity index (χ3n) is 2.20. The highest BCUT2D eigenvalue weighted by Crippen LogP contribution is 2.17. The lowest BCUT2D eigenvalue weighted by Gasteiger charge is -1.98. The fraction of sp³-hybridized carbons (Fsp3) is 0.0769. The van der Waals surface area contributed by atoms with E-state index in [9.17, 15) is 0 Å². The second-order valence-electron chi connectivity index (χ2n) is 3.34. The van der Waals surface area contributed by atoms with Crippen LogP contribution in [0.2, 0.25) is 0 Å². The van der Waals surface area contributed by atoms with E-state index in [0.29, 0.717) is 11.5 Å². The molecule has 0 aliphatic carbocycles. The number of ether oxygens (including phenoxy) is 1. The molecule has 1 aromatic carbocycles. The molecule has 0 saturated heterocycles. The van der Waals surface area contributed by atoms with Crippen LogP contribution in [0.5, 0.6) is 5.75 Å². The van der Waals surface area contributed by atoms with E-state index in [4.69, 9.17) is 14.6 Å². The van der Waals surface area contributed by atoms with Crippen LogP contribution in [0.25, 0.3) is 0 Å². The first-order chi connectivity index (χ1) is 8.31. The maximum absolute atomic E-state index is 7.02. The van der Waals surface area contributed by atoms with E-state index in [0.717, 1.165) is 17.7 Å². The van der Waals surface area contributed by atoms with Crippen LogP contribution >= 0.6 is 0 Å². The molecule has 0 aliphatic rings. The molecule has 86 valence electrons. The Bertz CT molecular complexity index is 527. The minimum Gasteiger partial charge on any atom is -0.497 e. The van der Waals surface area contributed by atoms with E-state index in [1.807, 2.05) is 24.3 Å². The Morgan fingerprint density at radius 1 is 1.12 bits per heavy atom. The van der Waals surface area contributed by atoms with Crippen molar-refractivity contribution in [3.05, 3.63) is 47.9 Å². The van der Waals surface area contributed by atoms with E-state index in [-0.39, 0.29) is 0 Å². The quantitative estimate of drug-likeness (QED) is 0.817. The standard InChI is InChI=1S/C13H12N2O2/c1-16-11-4-2-10(3-5-11)15-9-13-7-6-12(8-14)17-13/h2-9,14H,1H3. The first kappa shape index (κ1) is 11.1. The molecule has 0 radical (unpaired) electrons. The van der Waals surface area contributed by atoms with Gasteiger partial charge in [-0.25, -0.2) is 0 Å². The summed E-state index contributed by atoms with van der Waals surface area (Å²) in [5.74, 6) is 1.94.